The highest BCUT2D eigenvalue weighted by Crippen LogP contribution is 2.05. The molecule has 3 nitrogen and oxygen atoms in total. The molecule has 17 heavy (non-hydrogen) atoms. The fourth-order valence-electron chi connectivity index (χ4n) is 2.05. The van der Waals surface area contributed by atoms with E-state index in [0.29, 0.717) is 0 Å². The molecule has 1 N–H and O–H groups in total. The molecule has 1 aliphatic heterocycles. The van der Waals surface area contributed by atoms with Crippen molar-refractivity contribution >= 4 is 11.3 Å². The third-order valence-electron chi connectivity index (χ3n) is 3.09. The van der Waals surface area contributed by atoms with E-state index in [1.54, 1.807) is 11.3 Å². The lowest BCUT2D eigenvalue weighted by Gasteiger charge is -2.18. The van der Waals surface area contributed by atoms with Crippen LogP contribution in [0.1, 0.15) is 12.0 Å². The minimum absolute atomic E-state index is 0.898. The minimum atomic E-state index is 0.898. The summed E-state index contributed by atoms with van der Waals surface area (Å²) in [4.78, 5) is 2.49. The maximum atomic E-state index is 5.44. The van der Waals surface area contributed by atoms with Crippen LogP contribution in [0.3, 0.4) is 0 Å². The highest BCUT2D eigenvalue weighted by Gasteiger charge is 2.07. The van der Waals surface area contributed by atoms with Crippen molar-refractivity contribution in [2.75, 3.05) is 45.9 Å². The lowest BCUT2D eigenvalue weighted by atomic mass is 10.2. The highest BCUT2D eigenvalue weighted by molar-refractivity contribution is 7.07. The molecular formula is C13H22N2OS. The van der Waals surface area contributed by atoms with Gasteiger partial charge in [-0.2, -0.15) is 11.3 Å². The van der Waals surface area contributed by atoms with E-state index < -0.39 is 0 Å². The Morgan fingerprint density at radius 3 is 3.18 bits per heavy atom. The molecule has 4 heteroatoms. The molecular weight excluding hydrogens is 232 g/mol. The molecule has 0 saturated carbocycles. The number of thiophene rings is 1. The van der Waals surface area contributed by atoms with Crippen LogP contribution in [0.5, 0.6) is 0 Å². The smallest absolute Gasteiger partial charge is 0.0593 e. The zero-order chi connectivity index (χ0) is 11.8. The molecule has 2 rings (SSSR count). The quantitative estimate of drug-likeness (QED) is 0.781. The Hall–Kier alpha value is -0.420. The van der Waals surface area contributed by atoms with E-state index in [9.17, 15) is 0 Å². The second kappa shape index (κ2) is 7.82. The standard InChI is InChI=1S/C13H22N2OS/c1-6-15(8-10-16-9-1)7-5-14-4-2-13-3-11-17-12-13/h3,11-12,14H,1-2,4-10H2. The summed E-state index contributed by atoms with van der Waals surface area (Å²) in [5.41, 5.74) is 1.45. The van der Waals surface area contributed by atoms with E-state index in [1.807, 2.05) is 0 Å². The van der Waals surface area contributed by atoms with Gasteiger partial charge >= 0.3 is 0 Å². The summed E-state index contributed by atoms with van der Waals surface area (Å²) < 4.78 is 5.44. The largest absolute Gasteiger partial charge is 0.380 e. The van der Waals surface area contributed by atoms with E-state index in [2.05, 4.69) is 27.0 Å². The molecule has 0 amide bonds. The van der Waals surface area contributed by atoms with Gasteiger partial charge in [-0.3, -0.25) is 4.90 Å². The Bertz CT molecular complexity index is 282. The maximum Gasteiger partial charge on any atom is 0.0593 e. The Kier molecular flexibility index (Phi) is 5.99. The normalized spacial score (nSPS) is 18.1. The average Bonchev–Trinajstić information content (AvgIpc) is 2.72. The molecule has 2 heterocycles. The Balaban J connectivity index is 1.50. The van der Waals surface area contributed by atoms with Gasteiger partial charge in [0.15, 0.2) is 0 Å². The summed E-state index contributed by atoms with van der Waals surface area (Å²) in [7, 11) is 0. The van der Waals surface area contributed by atoms with E-state index >= 15 is 0 Å². The van der Waals surface area contributed by atoms with Crippen molar-refractivity contribution in [1.29, 1.82) is 0 Å². The van der Waals surface area contributed by atoms with E-state index in [0.717, 1.165) is 45.8 Å². The molecule has 1 aromatic rings. The SMILES string of the molecule is c1cc(CCNCCN2CCCOCC2)cs1. The van der Waals surface area contributed by atoms with Crippen LogP contribution in [0.25, 0.3) is 0 Å². The first-order valence-corrected chi connectivity index (χ1v) is 7.41. The second-order valence-electron chi connectivity index (χ2n) is 4.44. The summed E-state index contributed by atoms with van der Waals surface area (Å²) in [5, 5.41) is 7.89. The Morgan fingerprint density at radius 1 is 1.29 bits per heavy atom. The van der Waals surface area contributed by atoms with E-state index in [1.165, 1.54) is 18.5 Å². The van der Waals surface area contributed by atoms with Gasteiger partial charge in [0.25, 0.3) is 0 Å². The van der Waals surface area contributed by atoms with Crippen LogP contribution in [-0.2, 0) is 11.2 Å². The molecule has 0 unspecified atom stereocenters. The zero-order valence-corrected chi connectivity index (χ0v) is 11.2. The van der Waals surface area contributed by atoms with Crippen LogP contribution < -0.4 is 5.32 Å². The number of nitrogens with one attached hydrogen (secondary N) is 1. The summed E-state index contributed by atoms with van der Waals surface area (Å²) in [6.45, 7) is 7.42. The third kappa shape index (κ3) is 5.17. The zero-order valence-electron chi connectivity index (χ0n) is 10.4. The van der Waals surface area contributed by atoms with Crippen LogP contribution in [0.15, 0.2) is 16.8 Å². The average molecular weight is 254 g/mol. The van der Waals surface area contributed by atoms with Crippen LogP contribution in [-0.4, -0.2) is 50.8 Å². The number of hydrogen-bond donors (Lipinski definition) is 1. The Labute approximate surface area is 108 Å². The first-order valence-electron chi connectivity index (χ1n) is 6.47. The molecule has 0 atom stereocenters. The van der Waals surface area contributed by atoms with Gasteiger partial charge in [0.1, 0.15) is 0 Å². The lowest BCUT2D eigenvalue weighted by Crippen LogP contribution is -2.34. The predicted octanol–water partition coefficient (Wildman–Crippen LogP) is 1.60. The number of nitrogens with zero attached hydrogens (tertiary/aromatic N) is 1. The van der Waals surface area contributed by atoms with Gasteiger partial charge in [-0.1, -0.05) is 0 Å². The third-order valence-corrected chi connectivity index (χ3v) is 3.82. The van der Waals surface area contributed by atoms with Gasteiger partial charge in [0, 0.05) is 32.8 Å². The summed E-state index contributed by atoms with van der Waals surface area (Å²) in [5.74, 6) is 0. The van der Waals surface area contributed by atoms with Gasteiger partial charge in [0.2, 0.25) is 0 Å². The molecule has 1 aromatic heterocycles. The summed E-state index contributed by atoms with van der Waals surface area (Å²) >= 11 is 1.78. The van der Waals surface area contributed by atoms with Gasteiger partial charge in [-0.05, 0) is 41.8 Å². The Morgan fingerprint density at radius 2 is 2.29 bits per heavy atom. The number of ether oxygens (including phenoxy) is 1. The minimum Gasteiger partial charge on any atom is -0.380 e. The van der Waals surface area contributed by atoms with Crippen molar-refractivity contribution in [2.45, 2.75) is 12.8 Å². The molecule has 1 fully saturated rings. The van der Waals surface area contributed by atoms with Crippen molar-refractivity contribution in [1.82, 2.24) is 10.2 Å². The molecule has 1 saturated heterocycles. The van der Waals surface area contributed by atoms with E-state index in [4.69, 9.17) is 4.74 Å². The summed E-state index contributed by atoms with van der Waals surface area (Å²) in [6.07, 6.45) is 2.32. The van der Waals surface area contributed by atoms with Crippen LogP contribution in [0.2, 0.25) is 0 Å². The van der Waals surface area contributed by atoms with Crippen molar-refractivity contribution in [3.63, 3.8) is 0 Å². The maximum absolute atomic E-state index is 5.44. The van der Waals surface area contributed by atoms with Gasteiger partial charge in [0.05, 0.1) is 6.61 Å². The first kappa shape index (κ1) is 13.0. The van der Waals surface area contributed by atoms with Crippen molar-refractivity contribution in [3.8, 4) is 0 Å². The van der Waals surface area contributed by atoms with Gasteiger partial charge in [-0.15, -0.1) is 0 Å². The van der Waals surface area contributed by atoms with Crippen LogP contribution in [0.4, 0.5) is 0 Å². The highest BCUT2D eigenvalue weighted by atomic mass is 32.1. The second-order valence-corrected chi connectivity index (χ2v) is 5.22. The molecule has 0 spiro atoms. The monoisotopic (exact) mass is 254 g/mol. The van der Waals surface area contributed by atoms with Gasteiger partial charge < -0.3 is 10.1 Å². The molecule has 0 aliphatic carbocycles. The molecule has 0 bridgehead atoms. The predicted molar refractivity (Wildman–Crippen MR) is 72.8 cm³/mol. The number of rotatable bonds is 6. The van der Waals surface area contributed by atoms with Gasteiger partial charge in [-0.25, -0.2) is 0 Å². The van der Waals surface area contributed by atoms with Crippen LogP contribution >= 0.6 is 11.3 Å². The van der Waals surface area contributed by atoms with Crippen molar-refractivity contribution in [3.05, 3.63) is 22.4 Å². The molecule has 96 valence electrons. The molecule has 1 aliphatic rings. The fraction of sp³-hybridized carbons (Fsp3) is 0.692. The van der Waals surface area contributed by atoms with Crippen LogP contribution in [0, 0.1) is 0 Å². The fourth-order valence-corrected chi connectivity index (χ4v) is 2.75. The topological polar surface area (TPSA) is 24.5 Å². The van der Waals surface area contributed by atoms with E-state index in [-0.39, 0.29) is 0 Å². The number of hydrogen-bond acceptors (Lipinski definition) is 4. The molecule has 0 aromatic carbocycles. The summed E-state index contributed by atoms with van der Waals surface area (Å²) in [6, 6.07) is 2.21. The molecule has 0 radical (unpaired) electrons. The lowest BCUT2D eigenvalue weighted by molar-refractivity contribution is 0.141. The van der Waals surface area contributed by atoms with Crippen molar-refractivity contribution in [2.24, 2.45) is 0 Å². The first-order chi connectivity index (χ1) is 8.45. The van der Waals surface area contributed by atoms with Crippen molar-refractivity contribution < 1.29 is 4.74 Å².